The van der Waals surface area contributed by atoms with E-state index in [2.05, 4.69) is 5.10 Å². The fraction of sp³-hybridized carbons (Fsp3) is 0.250. The van der Waals surface area contributed by atoms with Crippen molar-refractivity contribution in [3.05, 3.63) is 65.2 Å². The molecule has 4 rings (SSSR count). The van der Waals surface area contributed by atoms with Crippen LogP contribution in [0.5, 0.6) is 5.75 Å². The highest BCUT2D eigenvalue weighted by Crippen LogP contribution is 2.29. The summed E-state index contributed by atoms with van der Waals surface area (Å²) in [6.07, 6.45) is 0.664. The van der Waals surface area contributed by atoms with Crippen molar-refractivity contribution in [3.63, 3.8) is 0 Å². The van der Waals surface area contributed by atoms with Crippen LogP contribution in [0, 0.1) is 0 Å². The van der Waals surface area contributed by atoms with Crippen molar-refractivity contribution in [1.82, 2.24) is 14.8 Å². The number of rotatable bonds is 7. The number of thiophene rings is 1. The van der Waals surface area contributed by atoms with E-state index in [-0.39, 0.29) is 11.8 Å². The lowest BCUT2D eigenvalue weighted by atomic mass is 10.1. The van der Waals surface area contributed by atoms with E-state index in [0.717, 1.165) is 4.88 Å². The molecular formula is C24H23N3O4S. The number of ketones is 1. The number of esters is 1. The van der Waals surface area contributed by atoms with Crippen molar-refractivity contribution in [2.45, 2.75) is 32.9 Å². The molecule has 0 bridgehead atoms. The third-order valence-electron chi connectivity index (χ3n) is 5.08. The molecule has 32 heavy (non-hydrogen) atoms. The Hall–Kier alpha value is -3.52. The predicted molar refractivity (Wildman–Crippen MR) is 123 cm³/mol. The first-order valence-corrected chi connectivity index (χ1v) is 11.1. The number of carbonyl (C=O) groups is 2. The predicted octanol–water partition coefficient (Wildman–Crippen LogP) is 5.18. The smallest absolute Gasteiger partial charge is 0.339 e. The van der Waals surface area contributed by atoms with Gasteiger partial charge in [0, 0.05) is 11.6 Å². The first-order valence-electron chi connectivity index (χ1n) is 10.2. The molecule has 0 aliphatic heterocycles. The van der Waals surface area contributed by atoms with Gasteiger partial charge in [-0.2, -0.15) is 5.10 Å². The van der Waals surface area contributed by atoms with Gasteiger partial charge in [0.15, 0.2) is 11.8 Å². The van der Waals surface area contributed by atoms with E-state index in [4.69, 9.17) is 14.5 Å². The molecule has 1 atom stereocenters. The summed E-state index contributed by atoms with van der Waals surface area (Å²) in [7, 11) is 1.56. The van der Waals surface area contributed by atoms with Gasteiger partial charge in [-0.15, -0.1) is 11.3 Å². The van der Waals surface area contributed by atoms with Crippen LogP contribution in [-0.2, 0) is 4.74 Å². The lowest BCUT2D eigenvalue weighted by Gasteiger charge is -2.14. The molecule has 3 aromatic heterocycles. The van der Waals surface area contributed by atoms with Crippen LogP contribution in [0.1, 0.15) is 47.5 Å². The molecule has 0 aliphatic carbocycles. The number of ether oxygens (including phenoxy) is 2. The zero-order valence-electron chi connectivity index (χ0n) is 18.2. The minimum atomic E-state index is -0.954. The van der Waals surface area contributed by atoms with Crippen LogP contribution in [0.3, 0.4) is 0 Å². The van der Waals surface area contributed by atoms with E-state index in [0.29, 0.717) is 33.6 Å². The molecule has 0 saturated heterocycles. The molecule has 1 aromatic carbocycles. The molecule has 0 saturated carbocycles. The molecule has 164 valence electrons. The van der Waals surface area contributed by atoms with Gasteiger partial charge in [-0.1, -0.05) is 6.07 Å². The Morgan fingerprint density at radius 2 is 1.84 bits per heavy atom. The fourth-order valence-electron chi connectivity index (χ4n) is 3.38. The number of pyridine rings is 1. The molecule has 3 heterocycles. The number of carbonyl (C=O) groups excluding carboxylic acids is 2. The first kappa shape index (κ1) is 21.7. The Kier molecular flexibility index (Phi) is 6.05. The van der Waals surface area contributed by atoms with Gasteiger partial charge in [-0.3, -0.25) is 4.79 Å². The van der Waals surface area contributed by atoms with Gasteiger partial charge in [0.25, 0.3) is 0 Å². The van der Waals surface area contributed by atoms with E-state index in [9.17, 15) is 9.59 Å². The average Bonchev–Trinajstić information content (AvgIpc) is 3.48. The number of hydrogen-bond acceptors (Lipinski definition) is 7. The van der Waals surface area contributed by atoms with Crippen molar-refractivity contribution in [3.8, 4) is 16.3 Å². The number of aromatic nitrogens is 3. The molecular weight excluding hydrogens is 426 g/mol. The molecule has 0 N–H and O–H groups in total. The van der Waals surface area contributed by atoms with E-state index in [1.807, 2.05) is 31.4 Å². The Balaban J connectivity index is 1.67. The first-order chi connectivity index (χ1) is 15.4. The van der Waals surface area contributed by atoms with Crippen molar-refractivity contribution >= 4 is 34.1 Å². The minimum Gasteiger partial charge on any atom is -0.497 e. The third kappa shape index (κ3) is 4.13. The van der Waals surface area contributed by atoms with E-state index in [1.54, 1.807) is 55.2 Å². The lowest BCUT2D eigenvalue weighted by molar-refractivity contribution is 0.0320. The van der Waals surface area contributed by atoms with Crippen LogP contribution in [0.4, 0.5) is 0 Å². The van der Waals surface area contributed by atoms with E-state index < -0.39 is 12.1 Å². The number of methoxy groups -OCH3 is 1. The number of benzene rings is 1. The summed E-state index contributed by atoms with van der Waals surface area (Å²) in [5, 5.41) is 6.95. The molecule has 0 radical (unpaired) electrons. The highest BCUT2D eigenvalue weighted by Gasteiger charge is 2.24. The Bertz CT molecular complexity index is 1260. The second-order valence-corrected chi connectivity index (χ2v) is 8.54. The van der Waals surface area contributed by atoms with Crippen LogP contribution < -0.4 is 4.74 Å². The molecule has 0 fully saturated rings. The van der Waals surface area contributed by atoms with Gasteiger partial charge < -0.3 is 9.47 Å². The van der Waals surface area contributed by atoms with E-state index in [1.165, 1.54) is 11.3 Å². The maximum absolute atomic E-state index is 13.2. The number of nitrogens with zero attached hydrogens (tertiary/aromatic N) is 3. The summed E-state index contributed by atoms with van der Waals surface area (Å²) < 4.78 is 12.5. The molecule has 0 spiro atoms. The number of fused-ring (bicyclic) bond motifs is 1. The van der Waals surface area contributed by atoms with Crippen LogP contribution in [0.15, 0.2) is 54.0 Å². The minimum absolute atomic E-state index is 0.0676. The average molecular weight is 450 g/mol. The quantitative estimate of drug-likeness (QED) is 0.286. The van der Waals surface area contributed by atoms with Crippen LogP contribution in [0.2, 0.25) is 0 Å². The molecule has 1 unspecified atom stereocenters. The van der Waals surface area contributed by atoms with Gasteiger partial charge >= 0.3 is 5.97 Å². The van der Waals surface area contributed by atoms with Crippen LogP contribution in [0.25, 0.3) is 21.6 Å². The number of Topliss-reactive ketones (excluding diaryl/α,β-unsaturated/α-hetero) is 1. The second-order valence-electron chi connectivity index (χ2n) is 7.59. The number of hydrogen-bond donors (Lipinski definition) is 0. The monoisotopic (exact) mass is 449 g/mol. The largest absolute Gasteiger partial charge is 0.497 e. The summed E-state index contributed by atoms with van der Waals surface area (Å²) in [4.78, 5) is 31.6. The van der Waals surface area contributed by atoms with Crippen molar-refractivity contribution in [1.29, 1.82) is 0 Å². The van der Waals surface area contributed by atoms with Crippen molar-refractivity contribution in [2.75, 3.05) is 7.11 Å². The molecule has 0 aliphatic rings. The molecule has 4 aromatic rings. The lowest BCUT2D eigenvalue weighted by Crippen LogP contribution is -2.24. The highest BCUT2D eigenvalue weighted by molar-refractivity contribution is 7.13. The van der Waals surface area contributed by atoms with Crippen molar-refractivity contribution < 1.29 is 19.1 Å². The molecule has 8 heteroatoms. The van der Waals surface area contributed by atoms with Crippen LogP contribution in [-0.4, -0.2) is 39.7 Å². The topological polar surface area (TPSA) is 83.3 Å². The van der Waals surface area contributed by atoms with E-state index >= 15 is 0 Å². The maximum Gasteiger partial charge on any atom is 0.339 e. The summed E-state index contributed by atoms with van der Waals surface area (Å²) >= 11 is 1.53. The molecule has 7 nitrogen and oxygen atoms in total. The maximum atomic E-state index is 13.2. The summed E-state index contributed by atoms with van der Waals surface area (Å²) in [5.41, 5.74) is 2.04. The third-order valence-corrected chi connectivity index (χ3v) is 5.97. The Labute approximate surface area is 189 Å². The second kappa shape index (κ2) is 8.92. The van der Waals surface area contributed by atoms with Gasteiger partial charge in [-0.25, -0.2) is 14.5 Å². The SMILES string of the molecule is COc1ccc(C(=O)C(C)OC(=O)c2cc(-c3cccs3)nc3c2cnn3C(C)C)cc1. The van der Waals surface area contributed by atoms with Gasteiger partial charge in [0.05, 0.1) is 34.8 Å². The van der Waals surface area contributed by atoms with Crippen LogP contribution >= 0.6 is 11.3 Å². The zero-order valence-corrected chi connectivity index (χ0v) is 19.1. The summed E-state index contributed by atoms with van der Waals surface area (Å²) in [6.45, 7) is 5.57. The Morgan fingerprint density at radius 1 is 1.09 bits per heavy atom. The summed E-state index contributed by atoms with van der Waals surface area (Å²) in [5.74, 6) is -0.232. The standard InChI is InChI=1S/C24H23N3O4S/c1-14(2)27-23-19(13-25-27)18(12-20(26-23)21-6-5-11-32-21)24(29)31-15(3)22(28)16-7-9-17(30-4)10-8-16/h5-15H,1-4H3. The Morgan fingerprint density at radius 3 is 2.47 bits per heavy atom. The van der Waals surface area contributed by atoms with Crippen molar-refractivity contribution in [2.24, 2.45) is 0 Å². The normalized spacial score (nSPS) is 12.2. The zero-order chi connectivity index (χ0) is 22.8. The fourth-order valence-corrected chi connectivity index (χ4v) is 4.07. The van der Waals surface area contributed by atoms with Gasteiger partial charge in [0.2, 0.25) is 5.78 Å². The van der Waals surface area contributed by atoms with Gasteiger partial charge in [-0.05, 0) is 62.5 Å². The van der Waals surface area contributed by atoms with Gasteiger partial charge in [0.1, 0.15) is 5.75 Å². The molecule has 0 amide bonds. The highest BCUT2D eigenvalue weighted by atomic mass is 32.1. The summed E-state index contributed by atoms with van der Waals surface area (Å²) in [6, 6.07) is 12.3.